The van der Waals surface area contributed by atoms with Gasteiger partial charge in [0.25, 0.3) is 0 Å². The van der Waals surface area contributed by atoms with Crippen LogP contribution in [0, 0.1) is 5.82 Å². The number of rotatable bonds is 9. The van der Waals surface area contributed by atoms with E-state index in [4.69, 9.17) is 0 Å². The molecule has 0 bridgehead atoms. The van der Waals surface area contributed by atoms with Crippen molar-refractivity contribution in [2.24, 2.45) is 0 Å². The van der Waals surface area contributed by atoms with Crippen molar-refractivity contribution in [3.63, 3.8) is 0 Å². The Kier molecular flexibility index (Phi) is 7.55. The minimum absolute atomic E-state index is 0.186. The molecule has 0 atom stereocenters. The van der Waals surface area contributed by atoms with E-state index in [-0.39, 0.29) is 23.2 Å². The molecule has 168 valence electrons. The molecule has 0 aliphatic rings. The Hall–Kier alpha value is -3.30. The first-order chi connectivity index (χ1) is 15.3. The third-order valence-electron chi connectivity index (χ3n) is 4.84. The highest BCUT2D eigenvalue weighted by atomic mass is 32.2. The SMILES string of the molecule is CCN(CC)S(=O)(=O)c1ccc(/C=C/C(=O)NCc2ccn(-c3ccccc3F)n2)cc1. The molecule has 0 unspecified atom stereocenters. The van der Waals surface area contributed by atoms with Gasteiger partial charge in [0.1, 0.15) is 11.5 Å². The van der Waals surface area contributed by atoms with E-state index in [1.165, 1.54) is 33.3 Å². The van der Waals surface area contributed by atoms with Gasteiger partial charge >= 0.3 is 0 Å². The number of hydrogen-bond acceptors (Lipinski definition) is 4. The lowest BCUT2D eigenvalue weighted by Gasteiger charge is -2.18. The Morgan fingerprint density at radius 1 is 1.09 bits per heavy atom. The molecule has 0 aliphatic carbocycles. The molecule has 0 aliphatic heterocycles. The maximum Gasteiger partial charge on any atom is 0.244 e. The van der Waals surface area contributed by atoms with Crippen LogP contribution >= 0.6 is 0 Å². The van der Waals surface area contributed by atoms with E-state index in [0.717, 1.165) is 0 Å². The van der Waals surface area contributed by atoms with Gasteiger partial charge in [0.2, 0.25) is 15.9 Å². The normalized spacial score (nSPS) is 11.9. The molecule has 2 aromatic carbocycles. The summed E-state index contributed by atoms with van der Waals surface area (Å²) in [5.41, 5.74) is 1.61. The fourth-order valence-corrected chi connectivity index (χ4v) is 4.56. The summed E-state index contributed by atoms with van der Waals surface area (Å²) in [6, 6.07) is 14.4. The van der Waals surface area contributed by atoms with Gasteiger partial charge in [0.15, 0.2) is 0 Å². The maximum atomic E-state index is 13.9. The first-order valence-corrected chi connectivity index (χ1v) is 11.6. The molecule has 0 radical (unpaired) electrons. The molecule has 7 nitrogen and oxygen atoms in total. The van der Waals surface area contributed by atoms with Crippen LogP contribution in [0.1, 0.15) is 25.1 Å². The van der Waals surface area contributed by atoms with Crippen LogP contribution in [0.5, 0.6) is 0 Å². The van der Waals surface area contributed by atoms with Crippen molar-refractivity contribution in [2.75, 3.05) is 13.1 Å². The number of para-hydroxylation sites is 1. The summed E-state index contributed by atoms with van der Waals surface area (Å²) in [6.45, 7) is 4.58. The fraction of sp³-hybridized carbons (Fsp3) is 0.217. The molecule has 32 heavy (non-hydrogen) atoms. The average Bonchev–Trinajstić information content (AvgIpc) is 3.26. The van der Waals surface area contributed by atoms with Crippen molar-refractivity contribution in [1.29, 1.82) is 0 Å². The van der Waals surface area contributed by atoms with E-state index in [1.807, 2.05) is 0 Å². The fourth-order valence-electron chi connectivity index (χ4n) is 3.10. The Bertz CT molecular complexity index is 1200. The summed E-state index contributed by atoms with van der Waals surface area (Å²) < 4.78 is 41.7. The number of carbonyl (C=O) groups is 1. The van der Waals surface area contributed by atoms with Crippen LogP contribution in [0.25, 0.3) is 11.8 Å². The topological polar surface area (TPSA) is 84.3 Å². The number of carbonyl (C=O) groups excluding carboxylic acids is 1. The summed E-state index contributed by atoms with van der Waals surface area (Å²) in [7, 11) is -3.51. The van der Waals surface area contributed by atoms with Gasteiger partial charge in [-0.2, -0.15) is 9.40 Å². The van der Waals surface area contributed by atoms with Crippen LogP contribution in [0.4, 0.5) is 4.39 Å². The zero-order chi connectivity index (χ0) is 23.1. The number of hydrogen-bond donors (Lipinski definition) is 1. The zero-order valence-electron chi connectivity index (χ0n) is 17.9. The van der Waals surface area contributed by atoms with Crippen LogP contribution in [-0.2, 0) is 21.4 Å². The van der Waals surface area contributed by atoms with Crippen molar-refractivity contribution >= 4 is 22.0 Å². The van der Waals surface area contributed by atoms with Crippen molar-refractivity contribution < 1.29 is 17.6 Å². The standard InChI is InChI=1S/C23H25FN4O3S/c1-3-27(4-2)32(30,31)20-12-9-18(10-13-20)11-14-23(29)25-17-19-15-16-28(26-19)22-8-6-5-7-21(22)24/h5-16H,3-4,17H2,1-2H3,(H,25,29)/b14-11+. The van der Waals surface area contributed by atoms with Gasteiger partial charge in [-0.15, -0.1) is 0 Å². The number of benzene rings is 2. The van der Waals surface area contributed by atoms with E-state index in [2.05, 4.69) is 10.4 Å². The van der Waals surface area contributed by atoms with E-state index < -0.39 is 10.0 Å². The second-order valence-corrected chi connectivity index (χ2v) is 8.85. The van der Waals surface area contributed by atoms with Gasteiger partial charge in [-0.1, -0.05) is 38.1 Å². The van der Waals surface area contributed by atoms with E-state index >= 15 is 0 Å². The van der Waals surface area contributed by atoms with Gasteiger partial charge in [0, 0.05) is 25.4 Å². The summed E-state index contributed by atoms with van der Waals surface area (Å²) >= 11 is 0. The molecule has 3 rings (SSSR count). The molecule has 9 heteroatoms. The molecule has 3 aromatic rings. The van der Waals surface area contributed by atoms with E-state index in [9.17, 15) is 17.6 Å². The molecular formula is C23H25FN4O3S. The second-order valence-electron chi connectivity index (χ2n) is 6.91. The minimum Gasteiger partial charge on any atom is -0.347 e. The summed E-state index contributed by atoms with van der Waals surface area (Å²) in [5.74, 6) is -0.713. The quantitative estimate of drug-likeness (QED) is 0.501. The van der Waals surface area contributed by atoms with Crippen LogP contribution in [0.3, 0.4) is 0 Å². The highest BCUT2D eigenvalue weighted by molar-refractivity contribution is 7.89. The van der Waals surface area contributed by atoms with Gasteiger partial charge < -0.3 is 5.32 Å². The van der Waals surface area contributed by atoms with Crippen molar-refractivity contribution in [1.82, 2.24) is 19.4 Å². The summed E-state index contributed by atoms with van der Waals surface area (Å²) in [4.78, 5) is 12.3. The molecule has 0 saturated heterocycles. The lowest BCUT2D eigenvalue weighted by atomic mass is 10.2. The Labute approximate surface area is 187 Å². The highest BCUT2D eigenvalue weighted by Crippen LogP contribution is 2.17. The Morgan fingerprint density at radius 2 is 1.78 bits per heavy atom. The molecule has 0 spiro atoms. The number of nitrogens with one attached hydrogen (secondary N) is 1. The smallest absolute Gasteiger partial charge is 0.244 e. The van der Waals surface area contributed by atoms with Gasteiger partial charge in [-0.05, 0) is 42.0 Å². The van der Waals surface area contributed by atoms with Crippen LogP contribution in [0.2, 0.25) is 0 Å². The second kappa shape index (κ2) is 10.3. The monoisotopic (exact) mass is 456 g/mol. The van der Waals surface area contributed by atoms with Crippen LogP contribution < -0.4 is 5.32 Å². The lowest BCUT2D eigenvalue weighted by Crippen LogP contribution is -2.30. The lowest BCUT2D eigenvalue weighted by molar-refractivity contribution is -0.116. The number of aromatic nitrogens is 2. The molecular weight excluding hydrogens is 431 g/mol. The zero-order valence-corrected chi connectivity index (χ0v) is 18.7. The van der Waals surface area contributed by atoms with Crippen LogP contribution in [0.15, 0.2) is 71.8 Å². The molecule has 0 fully saturated rings. The first kappa shape index (κ1) is 23.4. The average molecular weight is 457 g/mol. The number of nitrogens with zero attached hydrogens (tertiary/aromatic N) is 3. The first-order valence-electron chi connectivity index (χ1n) is 10.2. The molecule has 0 saturated carbocycles. The van der Waals surface area contributed by atoms with Gasteiger partial charge in [-0.3, -0.25) is 4.79 Å². The van der Waals surface area contributed by atoms with Gasteiger partial charge in [-0.25, -0.2) is 17.5 Å². The van der Waals surface area contributed by atoms with Crippen molar-refractivity contribution in [3.05, 3.63) is 83.9 Å². The van der Waals surface area contributed by atoms with Crippen LogP contribution in [-0.4, -0.2) is 41.5 Å². The predicted molar refractivity (Wildman–Crippen MR) is 121 cm³/mol. The van der Waals surface area contributed by atoms with Crippen molar-refractivity contribution in [3.8, 4) is 5.69 Å². The third-order valence-corrected chi connectivity index (χ3v) is 6.90. The minimum atomic E-state index is -3.51. The molecule has 1 heterocycles. The Balaban J connectivity index is 1.58. The largest absolute Gasteiger partial charge is 0.347 e. The summed E-state index contributed by atoms with van der Waals surface area (Å²) in [6.07, 6.45) is 4.59. The number of amides is 1. The molecule has 1 aromatic heterocycles. The van der Waals surface area contributed by atoms with Crippen molar-refractivity contribution in [2.45, 2.75) is 25.3 Å². The predicted octanol–water partition coefficient (Wildman–Crippen LogP) is 3.37. The number of sulfonamides is 1. The van der Waals surface area contributed by atoms with E-state index in [0.29, 0.717) is 30.0 Å². The highest BCUT2D eigenvalue weighted by Gasteiger charge is 2.20. The molecule has 1 N–H and O–H groups in total. The van der Waals surface area contributed by atoms with Gasteiger partial charge in [0.05, 0.1) is 17.1 Å². The molecule has 1 amide bonds. The summed E-state index contributed by atoms with van der Waals surface area (Å²) in [5, 5.41) is 6.99. The Morgan fingerprint density at radius 3 is 2.44 bits per heavy atom. The van der Waals surface area contributed by atoms with E-state index in [1.54, 1.807) is 62.5 Å². The third kappa shape index (κ3) is 5.49. The number of halogens is 1. The maximum absolute atomic E-state index is 13.9.